The zero-order chi connectivity index (χ0) is 17.3. The largest absolute Gasteiger partial charge is 0.462 e. The van der Waals surface area contributed by atoms with Crippen molar-refractivity contribution in [3.8, 4) is 0 Å². The fourth-order valence-electron chi connectivity index (χ4n) is 3.23. The molecule has 0 spiro atoms. The standard InChI is InChI=1S/C17H23N3O3S/c1-4-23-17(22)13-10(2)12-15(21)18-14(19-16(12)24-13)11(3)20-8-6-5-7-9-20/h11H,4-9H2,1-3H3,(H,18,19,21)/t11-/m0/s1. The Morgan fingerprint density at radius 3 is 2.75 bits per heavy atom. The molecule has 1 fully saturated rings. The summed E-state index contributed by atoms with van der Waals surface area (Å²) >= 11 is 1.24. The number of esters is 1. The molecule has 0 aliphatic carbocycles. The lowest BCUT2D eigenvalue weighted by Crippen LogP contribution is -2.34. The van der Waals surface area contributed by atoms with Crippen molar-refractivity contribution in [3.63, 3.8) is 0 Å². The minimum atomic E-state index is -0.386. The van der Waals surface area contributed by atoms with Gasteiger partial charge in [0, 0.05) is 0 Å². The summed E-state index contributed by atoms with van der Waals surface area (Å²) in [6.07, 6.45) is 3.63. The van der Waals surface area contributed by atoms with Gasteiger partial charge in [0.1, 0.15) is 15.5 Å². The van der Waals surface area contributed by atoms with E-state index in [-0.39, 0.29) is 17.6 Å². The van der Waals surface area contributed by atoms with Gasteiger partial charge in [-0.15, -0.1) is 11.3 Å². The number of fused-ring (bicyclic) bond motifs is 1. The van der Waals surface area contributed by atoms with Gasteiger partial charge in [-0.25, -0.2) is 9.78 Å². The molecule has 0 radical (unpaired) electrons. The molecule has 6 nitrogen and oxygen atoms in total. The van der Waals surface area contributed by atoms with Crippen molar-refractivity contribution in [2.24, 2.45) is 0 Å². The number of piperidine rings is 1. The molecule has 1 N–H and O–H groups in total. The van der Waals surface area contributed by atoms with E-state index in [4.69, 9.17) is 4.74 Å². The molecular formula is C17H23N3O3S. The number of aryl methyl sites for hydroxylation is 1. The molecule has 2 aromatic rings. The fraction of sp³-hybridized carbons (Fsp3) is 0.588. The highest BCUT2D eigenvalue weighted by molar-refractivity contribution is 7.20. The van der Waals surface area contributed by atoms with E-state index in [0.29, 0.717) is 33.1 Å². The number of ether oxygens (including phenoxy) is 1. The van der Waals surface area contributed by atoms with Crippen LogP contribution in [0.4, 0.5) is 0 Å². The van der Waals surface area contributed by atoms with Gasteiger partial charge in [0.2, 0.25) is 0 Å². The molecule has 3 rings (SSSR count). The number of likely N-dealkylation sites (tertiary alicyclic amines) is 1. The van der Waals surface area contributed by atoms with Gasteiger partial charge in [0.15, 0.2) is 0 Å². The third-order valence-corrected chi connectivity index (χ3v) is 5.78. The zero-order valence-electron chi connectivity index (χ0n) is 14.3. The topological polar surface area (TPSA) is 75.3 Å². The molecule has 0 unspecified atom stereocenters. The van der Waals surface area contributed by atoms with E-state index < -0.39 is 0 Å². The van der Waals surface area contributed by atoms with Gasteiger partial charge in [-0.05, 0) is 52.3 Å². The molecule has 7 heteroatoms. The molecule has 0 aromatic carbocycles. The first-order chi connectivity index (χ1) is 11.5. The van der Waals surface area contributed by atoms with Crippen molar-refractivity contribution in [1.82, 2.24) is 14.9 Å². The Kier molecular flexibility index (Phi) is 5.01. The predicted octanol–water partition coefficient (Wildman–Crippen LogP) is 3.02. The summed E-state index contributed by atoms with van der Waals surface area (Å²) in [5, 5.41) is 0.498. The molecule has 0 bridgehead atoms. The van der Waals surface area contributed by atoms with E-state index in [1.54, 1.807) is 13.8 Å². The third-order valence-electron chi connectivity index (χ3n) is 4.61. The van der Waals surface area contributed by atoms with Crippen LogP contribution in [-0.2, 0) is 4.74 Å². The van der Waals surface area contributed by atoms with Crippen LogP contribution in [0.25, 0.3) is 10.2 Å². The van der Waals surface area contributed by atoms with Gasteiger partial charge >= 0.3 is 5.97 Å². The van der Waals surface area contributed by atoms with Gasteiger partial charge in [0.25, 0.3) is 5.56 Å². The fourth-order valence-corrected chi connectivity index (χ4v) is 4.31. The van der Waals surface area contributed by atoms with Crippen molar-refractivity contribution >= 4 is 27.5 Å². The molecule has 3 heterocycles. The van der Waals surface area contributed by atoms with Crippen molar-refractivity contribution in [3.05, 3.63) is 26.6 Å². The Balaban J connectivity index is 2.00. The Morgan fingerprint density at radius 1 is 1.38 bits per heavy atom. The number of aromatic nitrogens is 2. The molecule has 0 saturated carbocycles. The number of nitrogens with zero attached hydrogens (tertiary/aromatic N) is 2. The lowest BCUT2D eigenvalue weighted by atomic mass is 10.1. The SMILES string of the molecule is CCOC(=O)c1sc2nc([C@H](C)N3CCCCC3)[nH]c(=O)c2c1C. The second-order valence-electron chi connectivity index (χ2n) is 6.18. The third kappa shape index (κ3) is 3.10. The molecule has 24 heavy (non-hydrogen) atoms. The summed E-state index contributed by atoms with van der Waals surface area (Å²) in [6, 6.07) is 0.0656. The van der Waals surface area contributed by atoms with Crippen LogP contribution in [0.1, 0.15) is 60.2 Å². The van der Waals surface area contributed by atoms with E-state index in [1.807, 2.05) is 0 Å². The first kappa shape index (κ1) is 17.1. The van der Waals surface area contributed by atoms with Gasteiger partial charge in [-0.3, -0.25) is 9.69 Å². The smallest absolute Gasteiger partial charge is 0.348 e. The maximum absolute atomic E-state index is 12.5. The molecule has 1 atom stereocenters. The van der Waals surface area contributed by atoms with Gasteiger partial charge in [-0.2, -0.15) is 0 Å². The molecule has 1 aliphatic rings. The highest BCUT2D eigenvalue weighted by atomic mass is 32.1. The second kappa shape index (κ2) is 7.03. The molecule has 2 aromatic heterocycles. The maximum Gasteiger partial charge on any atom is 0.348 e. The lowest BCUT2D eigenvalue weighted by Gasteiger charge is -2.31. The number of nitrogens with one attached hydrogen (secondary N) is 1. The van der Waals surface area contributed by atoms with E-state index in [1.165, 1.54) is 30.6 Å². The first-order valence-corrected chi connectivity index (χ1v) is 9.29. The number of aromatic amines is 1. The van der Waals surface area contributed by atoms with Crippen LogP contribution in [0.2, 0.25) is 0 Å². The van der Waals surface area contributed by atoms with Gasteiger partial charge in [-0.1, -0.05) is 6.42 Å². The van der Waals surface area contributed by atoms with Crippen molar-refractivity contribution in [1.29, 1.82) is 0 Å². The lowest BCUT2D eigenvalue weighted by molar-refractivity contribution is 0.0531. The van der Waals surface area contributed by atoms with Crippen LogP contribution in [0.15, 0.2) is 4.79 Å². The van der Waals surface area contributed by atoms with Crippen molar-refractivity contribution < 1.29 is 9.53 Å². The van der Waals surface area contributed by atoms with Crippen molar-refractivity contribution in [2.75, 3.05) is 19.7 Å². The average Bonchev–Trinajstić information content (AvgIpc) is 2.92. The van der Waals surface area contributed by atoms with Crippen LogP contribution in [0, 0.1) is 6.92 Å². The number of hydrogen-bond donors (Lipinski definition) is 1. The number of thiophene rings is 1. The minimum Gasteiger partial charge on any atom is -0.462 e. The molecule has 130 valence electrons. The first-order valence-electron chi connectivity index (χ1n) is 8.47. The summed E-state index contributed by atoms with van der Waals surface area (Å²) in [5.41, 5.74) is 0.475. The Morgan fingerprint density at radius 2 is 2.08 bits per heavy atom. The van der Waals surface area contributed by atoms with E-state index in [2.05, 4.69) is 21.8 Å². The molecule has 1 aliphatic heterocycles. The quantitative estimate of drug-likeness (QED) is 0.859. The molecule has 0 amide bonds. The Bertz CT molecular complexity index is 805. The van der Waals surface area contributed by atoms with Gasteiger partial charge in [0.05, 0.1) is 18.0 Å². The van der Waals surface area contributed by atoms with E-state index in [9.17, 15) is 9.59 Å². The highest BCUT2D eigenvalue weighted by Gasteiger charge is 2.24. The predicted molar refractivity (Wildman–Crippen MR) is 94.8 cm³/mol. The Hall–Kier alpha value is -1.73. The number of carbonyl (C=O) groups excluding carboxylic acids is 1. The summed E-state index contributed by atoms with van der Waals surface area (Å²) in [6.45, 7) is 7.98. The average molecular weight is 349 g/mol. The maximum atomic E-state index is 12.5. The second-order valence-corrected chi connectivity index (χ2v) is 7.18. The summed E-state index contributed by atoms with van der Waals surface area (Å²) in [5.74, 6) is 0.286. The van der Waals surface area contributed by atoms with Crippen molar-refractivity contribution in [2.45, 2.75) is 46.1 Å². The van der Waals surface area contributed by atoms with Gasteiger partial charge < -0.3 is 9.72 Å². The number of hydrogen-bond acceptors (Lipinski definition) is 6. The number of rotatable bonds is 4. The van der Waals surface area contributed by atoms with E-state index >= 15 is 0 Å². The molecule has 1 saturated heterocycles. The summed E-state index contributed by atoms with van der Waals surface area (Å²) < 4.78 is 5.07. The zero-order valence-corrected chi connectivity index (χ0v) is 15.2. The van der Waals surface area contributed by atoms with Crippen LogP contribution in [-0.4, -0.2) is 40.5 Å². The normalized spacial score (nSPS) is 17.1. The van der Waals surface area contributed by atoms with E-state index in [0.717, 1.165) is 13.1 Å². The highest BCUT2D eigenvalue weighted by Crippen LogP contribution is 2.29. The van der Waals surface area contributed by atoms with Crippen LogP contribution in [0.3, 0.4) is 0 Å². The Labute approximate surface area is 144 Å². The summed E-state index contributed by atoms with van der Waals surface area (Å²) in [4.78, 5) is 35.6. The monoisotopic (exact) mass is 349 g/mol. The van der Waals surface area contributed by atoms with Crippen LogP contribution < -0.4 is 5.56 Å². The molecular weight excluding hydrogens is 326 g/mol. The number of H-pyrrole nitrogens is 1. The van der Waals surface area contributed by atoms with Crippen LogP contribution in [0.5, 0.6) is 0 Å². The van der Waals surface area contributed by atoms with Crippen LogP contribution >= 0.6 is 11.3 Å². The number of carbonyl (C=O) groups is 1. The summed E-state index contributed by atoms with van der Waals surface area (Å²) in [7, 11) is 0. The minimum absolute atomic E-state index is 0.0656.